The number of fused-ring (bicyclic) bond motifs is 5. The minimum atomic E-state index is -0.0113. The molecule has 0 unspecified atom stereocenters. The third kappa shape index (κ3) is 3.92. The monoisotopic (exact) mass is 465 g/mol. The summed E-state index contributed by atoms with van der Waals surface area (Å²) in [6, 6.07) is 8.44. The van der Waals surface area contributed by atoms with E-state index in [0.29, 0.717) is 17.5 Å². The molecule has 1 aromatic carbocycles. The molecular weight excluding hydrogens is 438 g/mol. The van der Waals surface area contributed by atoms with Crippen LogP contribution >= 0.6 is 23.1 Å². The van der Waals surface area contributed by atoms with E-state index in [9.17, 15) is 9.59 Å². The van der Waals surface area contributed by atoms with Crippen molar-refractivity contribution in [2.75, 3.05) is 18.8 Å². The van der Waals surface area contributed by atoms with Gasteiger partial charge in [-0.3, -0.25) is 14.2 Å². The van der Waals surface area contributed by atoms with Gasteiger partial charge in [-0.1, -0.05) is 48.2 Å². The Hall–Kier alpha value is -2.38. The highest BCUT2D eigenvalue weighted by atomic mass is 32.2. The van der Waals surface area contributed by atoms with Crippen molar-refractivity contribution in [1.29, 1.82) is 0 Å². The van der Waals surface area contributed by atoms with Crippen LogP contribution in [0.4, 0.5) is 0 Å². The molecule has 2 aliphatic rings. The number of nitrogens with zero attached hydrogens (tertiary/aromatic N) is 3. The number of carbonyl (C=O) groups is 1. The van der Waals surface area contributed by atoms with Crippen LogP contribution in [0.25, 0.3) is 20.7 Å². The van der Waals surface area contributed by atoms with Gasteiger partial charge in [0.15, 0.2) is 5.16 Å². The second-order valence-electron chi connectivity index (χ2n) is 8.72. The number of hydrogen-bond donors (Lipinski definition) is 0. The third-order valence-corrected chi connectivity index (χ3v) is 8.36. The van der Waals surface area contributed by atoms with Crippen molar-refractivity contribution in [3.8, 4) is 10.4 Å². The van der Waals surface area contributed by atoms with Crippen LogP contribution < -0.4 is 5.56 Å². The number of aryl methyl sites for hydroxylation is 2. The quantitative estimate of drug-likeness (QED) is 0.305. The fraction of sp³-hybridized carbons (Fsp3) is 0.400. The molecule has 0 spiro atoms. The van der Waals surface area contributed by atoms with E-state index in [1.54, 1.807) is 15.9 Å². The summed E-state index contributed by atoms with van der Waals surface area (Å²) in [7, 11) is 0. The summed E-state index contributed by atoms with van der Waals surface area (Å²) in [5.41, 5.74) is 4.56. The molecule has 1 fully saturated rings. The van der Waals surface area contributed by atoms with E-state index in [1.165, 1.54) is 34.2 Å². The number of allylic oxidation sites excluding steroid dienone is 1. The standard InChI is InChI=1S/C25H27N3O2S2/c1-16(2)14-28-24(30)21-19-11-10-17-8-4-5-9-18(17)22(19)32-23(21)26-25(28)31-15-20(29)27-12-6-3-7-13-27/h4-5,8-9H,1,3,6-7,10-15H2,2H3. The molecule has 1 amide bonds. The van der Waals surface area contributed by atoms with Crippen LogP contribution in [0.5, 0.6) is 0 Å². The summed E-state index contributed by atoms with van der Waals surface area (Å²) in [6.07, 6.45) is 5.14. The number of rotatable bonds is 5. The smallest absolute Gasteiger partial charge is 0.263 e. The number of likely N-dealkylation sites (tertiary alicyclic amines) is 1. The molecule has 1 aliphatic carbocycles. The maximum Gasteiger partial charge on any atom is 0.263 e. The molecule has 0 atom stereocenters. The molecule has 0 saturated carbocycles. The first-order valence-electron chi connectivity index (χ1n) is 11.2. The van der Waals surface area contributed by atoms with Gasteiger partial charge in [0.2, 0.25) is 5.91 Å². The van der Waals surface area contributed by atoms with Gasteiger partial charge in [0.05, 0.1) is 11.1 Å². The Kier molecular flexibility index (Phi) is 5.95. The first-order chi connectivity index (χ1) is 15.5. The van der Waals surface area contributed by atoms with E-state index >= 15 is 0 Å². The molecule has 3 aromatic rings. The van der Waals surface area contributed by atoms with Crippen LogP contribution in [0.3, 0.4) is 0 Å². The van der Waals surface area contributed by atoms with Crippen LogP contribution in [0.1, 0.15) is 37.3 Å². The second kappa shape index (κ2) is 8.87. The van der Waals surface area contributed by atoms with Gasteiger partial charge in [-0.25, -0.2) is 4.98 Å². The Balaban J connectivity index is 1.55. The van der Waals surface area contributed by atoms with Crippen molar-refractivity contribution in [1.82, 2.24) is 14.5 Å². The third-order valence-electron chi connectivity index (χ3n) is 6.24. The van der Waals surface area contributed by atoms with Crippen molar-refractivity contribution in [2.24, 2.45) is 0 Å². The summed E-state index contributed by atoms with van der Waals surface area (Å²) < 4.78 is 1.71. The normalized spacial score (nSPS) is 15.5. The summed E-state index contributed by atoms with van der Waals surface area (Å²) >= 11 is 2.98. The lowest BCUT2D eigenvalue weighted by atomic mass is 9.90. The molecule has 0 radical (unpaired) electrons. The number of aromatic nitrogens is 2. The maximum absolute atomic E-state index is 13.7. The van der Waals surface area contributed by atoms with Gasteiger partial charge in [0, 0.05) is 24.5 Å². The Bertz CT molecular complexity index is 1270. The predicted octanol–water partition coefficient (Wildman–Crippen LogP) is 4.90. The van der Waals surface area contributed by atoms with E-state index < -0.39 is 0 Å². The number of piperidine rings is 1. The van der Waals surface area contributed by atoms with E-state index in [1.807, 2.05) is 11.8 Å². The number of hydrogen-bond acceptors (Lipinski definition) is 5. The molecule has 5 rings (SSSR count). The zero-order valence-electron chi connectivity index (χ0n) is 18.4. The molecule has 3 heterocycles. The summed E-state index contributed by atoms with van der Waals surface area (Å²) in [5, 5.41) is 1.36. The zero-order chi connectivity index (χ0) is 22.2. The van der Waals surface area contributed by atoms with Gasteiger partial charge >= 0.3 is 0 Å². The van der Waals surface area contributed by atoms with Crippen molar-refractivity contribution >= 4 is 39.2 Å². The van der Waals surface area contributed by atoms with Crippen LogP contribution in [-0.4, -0.2) is 39.2 Å². The van der Waals surface area contributed by atoms with Crippen LogP contribution in [-0.2, 0) is 24.2 Å². The van der Waals surface area contributed by atoms with Crippen molar-refractivity contribution in [3.05, 3.63) is 57.9 Å². The SMILES string of the molecule is C=C(C)Cn1c(SCC(=O)N2CCCCC2)nc2sc3c(c2c1=O)CCc1ccccc1-3. The highest BCUT2D eigenvalue weighted by Crippen LogP contribution is 2.42. The lowest BCUT2D eigenvalue weighted by Gasteiger charge is -2.26. The van der Waals surface area contributed by atoms with Gasteiger partial charge in [0.1, 0.15) is 4.83 Å². The molecule has 0 N–H and O–H groups in total. The average Bonchev–Trinajstić information content (AvgIpc) is 3.19. The maximum atomic E-state index is 13.7. The van der Waals surface area contributed by atoms with E-state index in [2.05, 4.69) is 30.8 Å². The van der Waals surface area contributed by atoms with Gasteiger partial charge in [0.25, 0.3) is 5.56 Å². The topological polar surface area (TPSA) is 55.2 Å². The Labute approximate surface area is 196 Å². The molecule has 32 heavy (non-hydrogen) atoms. The van der Waals surface area contributed by atoms with Crippen LogP contribution in [0.2, 0.25) is 0 Å². The predicted molar refractivity (Wildman–Crippen MR) is 133 cm³/mol. The largest absolute Gasteiger partial charge is 0.342 e. The first kappa shape index (κ1) is 21.5. The molecular formula is C25H27N3O2S2. The lowest BCUT2D eigenvalue weighted by molar-refractivity contribution is -0.129. The van der Waals surface area contributed by atoms with Crippen LogP contribution in [0, 0.1) is 0 Å². The molecule has 1 aliphatic heterocycles. The number of thioether (sulfide) groups is 1. The minimum absolute atomic E-state index is 0.0113. The number of thiophene rings is 1. The highest BCUT2D eigenvalue weighted by Gasteiger charge is 2.26. The first-order valence-corrected chi connectivity index (χ1v) is 13.0. The van der Waals surface area contributed by atoms with Gasteiger partial charge in [-0.15, -0.1) is 11.3 Å². The van der Waals surface area contributed by atoms with Gasteiger partial charge < -0.3 is 4.90 Å². The van der Waals surface area contributed by atoms with Crippen molar-refractivity contribution < 1.29 is 4.79 Å². The fourth-order valence-electron chi connectivity index (χ4n) is 4.68. The summed E-state index contributed by atoms with van der Waals surface area (Å²) in [6.45, 7) is 8.03. The molecule has 5 nitrogen and oxygen atoms in total. The number of benzene rings is 1. The summed E-state index contributed by atoms with van der Waals surface area (Å²) in [4.78, 5) is 35.2. The van der Waals surface area contributed by atoms with Crippen molar-refractivity contribution in [3.63, 3.8) is 0 Å². The molecule has 7 heteroatoms. The zero-order valence-corrected chi connectivity index (χ0v) is 20.0. The Morgan fingerprint density at radius 1 is 1.19 bits per heavy atom. The molecule has 166 valence electrons. The lowest BCUT2D eigenvalue weighted by Crippen LogP contribution is -2.37. The molecule has 2 aromatic heterocycles. The van der Waals surface area contributed by atoms with E-state index in [-0.39, 0.29) is 11.5 Å². The number of amides is 1. The van der Waals surface area contributed by atoms with Gasteiger partial charge in [-0.05, 0) is 55.7 Å². The number of carbonyl (C=O) groups excluding carboxylic acids is 1. The average molecular weight is 466 g/mol. The van der Waals surface area contributed by atoms with Crippen LogP contribution in [0.15, 0.2) is 46.4 Å². The van der Waals surface area contributed by atoms with Gasteiger partial charge in [-0.2, -0.15) is 0 Å². The molecule has 0 bridgehead atoms. The second-order valence-corrected chi connectivity index (χ2v) is 10.7. The fourth-order valence-corrected chi connectivity index (χ4v) is 6.90. The van der Waals surface area contributed by atoms with Crippen molar-refractivity contribution in [2.45, 2.75) is 50.7 Å². The van der Waals surface area contributed by atoms with E-state index in [0.717, 1.165) is 60.1 Å². The highest BCUT2D eigenvalue weighted by molar-refractivity contribution is 7.99. The Morgan fingerprint density at radius 2 is 1.97 bits per heavy atom. The molecule has 1 saturated heterocycles. The summed E-state index contributed by atoms with van der Waals surface area (Å²) in [5.74, 6) is 0.438. The van der Waals surface area contributed by atoms with E-state index in [4.69, 9.17) is 4.98 Å². The minimum Gasteiger partial charge on any atom is -0.342 e. The Morgan fingerprint density at radius 3 is 2.75 bits per heavy atom.